The predicted molar refractivity (Wildman–Crippen MR) is 118 cm³/mol. The second kappa shape index (κ2) is 8.14. The Kier molecular flexibility index (Phi) is 5.37. The molecule has 8 heteroatoms. The summed E-state index contributed by atoms with van der Waals surface area (Å²) in [7, 11) is 3.07. The van der Waals surface area contributed by atoms with Gasteiger partial charge < -0.3 is 20.1 Å². The molecule has 0 saturated carbocycles. The highest BCUT2D eigenvalue weighted by Gasteiger charge is 2.34. The first-order chi connectivity index (χ1) is 14.9. The van der Waals surface area contributed by atoms with Gasteiger partial charge in [0.1, 0.15) is 23.4 Å². The highest BCUT2D eigenvalue weighted by Crippen LogP contribution is 2.35. The van der Waals surface area contributed by atoms with Gasteiger partial charge in [-0.2, -0.15) is 5.10 Å². The van der Waals surface area contributed by atoms with Crippen LogP contribution in [0.4, 0.5) is 11.5 Å². The van der Waals surface area contributed by atoms with Crippen molar-refractivity contribution in [3.8, 4) is 22.8 Å². The Morgan fingerprint density at radius 3 is 2.55 bits per heavy atom. The molecular formula is C23H24N4O4. The standard InChI is InChI=1S/C23H24N4O4/c1-13-5-7-15(8-6-13)21-14(2)22-25-20(28)12-18(27(22)26-21)23(29)24-17-11-16(30-3)9-10-19(17)31-4/h5-11,18H,12H2,1-4H3,(H,24,29)(H,25,28)/t18-/m1/s1. The third kappa shape index (κ3) is 3.84. The van der Waals surface area contributed by atoms with Crippen LogP contribution in [0.25, 0.3) is 11.3 Å². The number of aromatic nitrogens is 2. The fraction of sp³-hybridized carbons (Fsp3) is 0.261. The molecule has 0 aliphatic carbocycles. The summed E-state index contributed by atoms with van der Waals surface area (Å²) in [5, 5.41) is 10.4. The molecule has 0 fully saturated rings. The van der Waals surface area contributed by atoms with Crippen molar-refractivity contribution in [3.63, 3.8) is 0 Å². The molecule has 4 rings (SSSR count). The number of ether oxygens (including phenoxy) is 2. The minimum absolute atomic E-state index is 0.0143. The molecule has 2 heterocycles. The number of hydrogen-bond donors (Lipinski definition) is 2. The van der Waals surface area contributed by atoms with E-state index in [4.69, 9.17) is 14.6 Å². The summed E-state index contributed by atoms with van der Waals surface area (Å²) in [6.07, 6.45) is -0.0143. The Hall–Kier alpha value is -3.81. The molecule has 1 aliphatic rings. The maximum Gasteiger partial charge on any atom is 0.249 e. The second-order valence-electron chi connectivity index (χ2n) is 7.46. The highest BCUT2D eigenvalue weighted by atomic mass is 16.5. The van der Waals surface area contributed by atoms with E-state index in [1.807, 2.05) is 38.1 Å². The van der Waals surface area contributed by atoms with Crippen molar-refractivity contribution in [2.24, 2.45) is 0 Å². The fourth-order valence-electron chi connectivity index (χ4n) is 3.66. The number of nitrogens with zero attached hydrogens (tertiary/aromatic N) is 2. The largest absolute Gasteiger partial charge is 0.497 e. The number of fused-ring (bicyclic) bond motifs is 1. The first-order valence-corrected chi connectivity index (χ1v) is 9.90. The van der Waals surface area contributed by atoms with E-state index in [9.17, 15) is 9.59 Å². The third-order valence-corrected chi connectivity index (χ3v) is 5.37. The molecule has 2 aromatic carbocycles. The van der Waals surface area contributed by atoms with Crippen molar-refractivity contribution < 1.29 is 19.1 Å². The number of hydrogen-bond acceptors (Lipinski definition) is 5. The van der Waals surface area contributed by atoms with Gasteiger partial charge in [0.05, 0.1) is 32.0 Å². The van der Waals surface area contributed by atoms with Gasteiger partial charge >= 0.3 is 0 Å². The smallest absolute Gasteiger partial charge is 0.249 e. The van der Waals surface area contributed by atoms with Gasteiger partial charge in [-0.1, -0.05) is 29.8 Å². The first kappa shape index (κ1) is 20.5. The molecule has 31 heavy (non-hydrogen) atoms. The van der Waals surface area contributed by atoms with Crippen molar-refractivity contribution in [1.29, 1.82) is 0 Å². The van der Waals surface area contributed by atoms with Crippen LogP contribution in [0.2, 0.25) is 0 Å². The molecule has 8 nitrogen and oxygen atoms in total. The van der Waals surface area contributed by atoms with Crippen LogP contribution in [0.1, 0.15) is 23.6 Å². The van der Waals surface area contributed by atoms with Crippen molar-refractivity contribution in [2.45, 2.75) is 26.3 Å². The van der Waals surface area contributed by atoms with Crippen molar-refractivity contribution >= 4 is 23.3 Å². The Bertz CT molecular complexity index is 1150. The minimum Gasteiger partial charge on any atom is -0.497 e. The van der Waals surface area contributed by atoms with Crippen LogP contribution in [-0.4, -0.2) is 35.8 Å². The number of nitrogens with one attached hydrogen (secondary N) is 2. The molecule has 2 N–H and O–H groups in total. The van der Waals surface area contributed by atoms with Crippen LogP contribution in [0, 0.1) is 13.8 Å². The molecule has 1 aliphatic heterocycles. The summed E-state index contributed by atoms with van der Waals surface area (Å²) in [6, 6.07) is 12.3. The molecular weight excluding hydrogens is 396 g/mol. The zero-order valence-corrected chi connectivity index (χ0v) is 17.9. The number of amides is 2. The fourth-order valence-corrected chi connectivity index (χ4v) is 3.66. The summed E-state index contributed by atoms with van der Waals surface area (Å²) >= 11 is 0. The van der Waals surface area contributed by atoms with E-state index in [-0.39, 0.29) is 18.2 Å². The number of carbonyl (C=O) groups excluding carboxylic acids is 2. The summed E-state index contributed by atoms with van der Waals surface area (Å²) in [6.45, 7) is 3.90. The van der Waals surface area contributed by atoms with Gasteiger partial charge in [0, 0.05) is 17.2 Å². The van der Waals surface area contributed by atoms with Gasteiger partial charge in [-0.05, 0) is 26.0 Å². The summed E-state index contributed by atoms with van der Waals surface area (Å²) < 4.78 is 12.2. The quantitative estimate of drug-likeness (QED) is 0.656. The van der Waals surface area contributed by atoms with Crippen molar-refractivity contribution in [3.05, 3.63) is 53.6 Å². The lowest BCUT2D eigenvalue weighted by Gasteiger charge is -2.24. The van der Waals surface area contributed by atoms with Crippen LogP contribution in [0.5, 0.6) is 11.5 Å². The molecule has 0 saturated heterocycles. The Labute approximate surface area is 180 Å². The number of anilines is 2. The number of benzene rings is 2. The van der Waals surface area contributed by atoms with E-state index in [1.165, 1.54) is 7.11 Å². The van der Waals surface area contributed by atoms with E-state index in [2.05, 4.69) is 10.6 Å². The van der Waals surface area contributed by atoms with E-state index in [0.29, 0.717) is 23.0 Å². The van der Waals surface area contributed by atoms with E-state index in [1.54, 1.807) is 30.0 Å². The van der Waals surface area contributed by atoms with E-state index >= 15 is 0 Å². The molecule has 2 amide bonds. The zero-order valence-electron chi connectivity index (χ0n) is 17.9. The molecule has 0 radical (unpaired) electrons. The van der Waals surface area contributed by atoms with E-state index < -0.39 is 6.04 Å². The topological polar surface area (TPSA) is 94.5 Å². The Balaban J connectivity index is 1.70. The predicted octanol–water partition coefficient (Wildman–Crippen LogP) is 3.71. The summed E-state index contributed by atoms with van der Waals surface area (Å²) in [4.78, 5) is 25.6. The lowest BCUT2D eigenvalue weighted by atomic mass is 10.1. The van der Waals surface area contributed by atoms with Crippen molar-refractivity contribution in [2.75, 3.05) is 24.9 Å². The molecule has 0 spiro atoms. The molecule has 0 unspecified atom stereocenters. The zero-order chi connectivity index (χ0) is 22.1. The van der Waals surface area contributed by atoms with Crippen LogP contribution in [0.15, 0.2) is 42.5 Å². The molecule has 1 atom stereocenters. The maximum atomic E-state index is 13.2. The SMILES string of the molecule is COc1ccc(OC)c(NC(=O)[C@H]2CC(=O)Nc3c(C)c(-c4ccc(C)cc4)nn32)c1. The van der Waals surface area contributed by atoms with Crippen LogP contribution < -0.4 is 20.1 Å². The second-order valence-corrected chi connectivity index (χ2v) is 7.46. The number of methoxy groups -OCH3 is 2. The van der Waals surface area contributed by atoms with Crippen molar-refractivity contribution in [1.82, 2.24) is 9.78 Å². The Morgan fingerprint density at radius 2 is 1.87 bits per heavy atom. The number of rotatable bonds is 5. The first-order valence-electron chi connectivity index (χ1n) is 9.90. The van der Waals surface area contributed by atoms with Crippen LogP contribution >= 0.6 is 0 Å². The van der Waals surface area contributed by atoms with Gasteiger partial charge in [-0.15, -0.1) is 0 Å². The highest BCUT2D eigenvalue weighted by molar-refractivity contribution is 6.02. The van der Waals surface area contributed by atoms with E-state index in [0.717, 1.165) is 22.4 Å². The molecule has 3 aromatic rings. The lowest BCUT2D eigenvalue weighted by Crippen LogP contribution is -2.36. The molecule has 1 aromatic heterocycles. The third-order valence-electron chi connectivity index (χ3n) is 5.37. The van der Waals surface area contributed by atoms with Gasteiger partial charge in [0.25, 0.3) is 0 Å². The monoisotopic (exact) mass is 420 g/mol. The minimum atomic E-state index is -0.794. The molecule has 160 valence electrons. The average molecular weight is 420 g/mol. The van der Waals surface area contributed by atoms with Crippen LogP contribution in [0.3, 0.4) is 0 Å². The summed E-state index contributed by atoms with van der Waals surface area (Å²) in [5.41, 5.74) is 4.07. The van der Waals surface area contributed by atoms with Gasteiger partial charge in [-0.3, -0.25) is 9.59 Å². The summed E-state index contributed by atoms with van der Waals surface area (Å²) in [5.74, 6) is 1.01. The number of aryl methyl sites for hydroxylation is 1. The normalized spacial score (nSPS) is 15.1. The number of carbonyl (C=O) groups is 2. The van der Waals surface area contributed by atoms with Crippen LogP contribution in [-0.2, 0) is 9.59 Å². The van der Waals surface area contributed by atoms with Gasteiger partial charge in [-0.25, -0.2) is 4.68 Å². The average Bonchev–Trinajstić information content (AvgIpc) is 3.10. The Morgan fingerprint density at radius 1 is 1.13 bits per heavy atom. The van der Waals surface area contributed by atoms with Gasteiger partial charge in [0.2, 0.25) is 11.8 Å². The molecule has 0 bridgehead atoms. The van der Waals surface area contributed by atoms with Gasteiger partial charge in [0.15, 0.2) is 0 Å². The lowest BCUT2D eigenvalue weighted by molar-refractivity contribution is -0.125. The maximum absolute atomic E-state index is 13.2.